The number of thiocarbonyl (C=S) groups is 1. The number of para-hydroxylation sites is 1. The van der Waals surface area contributed by atoms with Crippen molar-refractivity contribution in [3.05, 3.63) is 88.8 Å². The van der Waals surface area contributed by atoms with Crippen molar-refractivity contribution < 1.29 is 19.1 Å². The molecule has 9 heteroatoms. The molecular formula is C29H29N3O4S2. The van der Waals surface area contributed by atoms with Crippen LogP contribution in [0.4, 0.5) is 5.69 Å². The van der Waals surface area contributed by atoms with Gasteiger partial charge in [0, 0.05) is 6.54 Å². The second-order valence-corrected chi connectivity index (χ2v) is 10.1. The van der Waals surface area contributed by atoms with Crippen molar-refractivity contribution in [1.29, 1.82) is 0 Å². The van der Waals surface area contributed by atoms with Crippen LogP contribution in [0.25, 0.3) is 6.08 Å². The summed E-state index contributed by atoms with van der Waals surface area (Å²) >= 11 is 6.77. The maximum atomic E-state index is 13.2. The van der Waals surface area contributed by atoms with Gasteiger partial charge >= 0.3 is 0 Å². The molecule has 0 saturated carbocycles. The first-order valence-electron chi connectivity index (χ1n) is 12.3. The molecule has 3 aromatic rings. The lowest BCUT2D eigenvalue weighted by atomic mass is 10.2. The number of primary amides is 1. The molecule has 0 unspecified atom stereocenters. The summed E-state index contributed by atoms with van der Waals surface area (Å²) in [5.41, 5.74) is 7.24. The number of carbonyl (C=O) groups is 2. The number of hydrogen-bond acceptors (Lipinski definition) is 7. The number of amides is 2. The van der Waals surface area contributed by atoms with Gasteiger partial charge in [0.1, 0.15) is 23.9 Å². The van der Waals surface area contributed by atoms with Gasteiger partial charge < -0.3 is 20.1 Å². The van der Waals surface area contributed by atoms with Crippen molar-refractivity contribution in [2.24, 2.45) is 5.73 Å². The minimum absolute atomic E-state index is 0.175. The molecule has 1 aliphatic rings. The molecule has 4 rings (SSSR count). The van der Waals surface area contributed by atoms with Gasteiger partial charge in [0.2, 0.25) is 0 Å². The maximum Gasteiger partial charge on any atom is 0.270 e. The molecular weight excluding hydrogens is 518 g/mol. The molecule has 3 aromatic carbocycles. The number of likely N-dealkylation sites (N-methyl/N-ethyl adjacent to an activating group) is 1. The molecule has 2 N–H and O–H groups in total. The minimum atomic E-state index is -0.559. The number of carbonyl (C=O) groups excluding carboxylic acids is 2. The van der Waals surface area contributed by atoms with E-state index in [1.807, 2.05) is 36.4 Å². The minimum Gasteiger partial charge on any atom is -0.492 e. The van der Waals surface area contributed by atoms with Crippen molar-refractivity contribution in [2.75, 3.05) is 31.1 Å². The summed E-state index contributed by atoms with van der Waals surface area (Å²) in [5, 5.41) is 0. The van der Waals surface area contributed by atoms with Crippen LogP contribution in [-0.4, -0.2) is 47.3 Å². The number of benzene rings is 3. The Labute approximate surface area is 232 Å². The van der Waals surface area contributed by atoms with E-state index in [1.165, 1.54) is 16.7 Å². The third-order valence-electron chi connectivity index (χ3n) is 6.02. The van der Waals surface area contributed by atoms with Crippen molar-refractivity contribution >= 4 is 51.9 Å². The first-order chi connectivity index (χ1) is 18.4. The first kappa shape index (κ1) is 27.4. The molecule has 196 valence electrons. The molecule has 0 aliphatic carbocycles. The highest BCUT2D eigenvalue weighted by atomic mass is 32.2. The zero-order valence-corrected chi connectivity index (χ0v) is 22.9. The molecule has 0 aromatic heterocycles. The topological polar surface area (TPSA) is 85.1 Å². The van der Waals surface area contributed by atoms with Crippen molar-refractivity contribution in [2.45, 2.75) is 13.8 Å². The summed E-state index contributed by atoms with van der Waals surface area (Å²) in [6, 6.07) is 21.4. The van der Waals surface area contributed by atoms with Crippen LogP contribution in [0.3, 0.4) is 0 Å². The summed E-state index contributed by atoms with van der Waals surface area (Å²) in [6.45, 7) is 7.71. The van der Waals surface area contributed by atoms with Crippen LogP contribution < -0.4 is 20.1 Å². The molecule has 2 amide bonds. The van der Waals surface area contributed by atoms with Gasteiger partial charge in [-0.05, 0) is 73.3 Å². The van der Waals surface area contributed by atoms with E-state index in [2.05, 4.69) is 18.7 Å². The van der Waals surface area contributed by atoms with Gasteiger partial charge in [-0.25, -0.2) is 0 Å². The maximum absolute atomic E-state index is 13.2. The summed E-state index contributed by atoms with van der Waals surface area (Å²) in [6.07, 6.45) is 1.80. The summed E-state index contributed by atoms with van der Waals surface area (Å²) in [5.74, 6) is 0.946. The molecule has 0 atom stereocenters. The number of nitrogens with zero attached hydrogens (tertiary/aromatic N) is 2. The third kappa shape index (κ3) is 6.61. The van der Waals surface area contributed by atoms with Crippen LogP contribution in [0.2, 0.25) is 0 Å². The second kappa shape index (κ2) is 12.7. The smallest absolute Gasteiger partial charge is 0.270 e. The van der Waals surface area contributed by atoms with Gasteiger partial charge in [0.25, 0.3) is 11.8 Å². The van der Waals surface area contributed by atoms with Crippen LogP contribution in [0.15, 0.2) is 77.7 Å². The van der Waals surface area contributed by atoms with Gasteiger partial charge in [0.05, 0.1) is 16.2 Å². The molecule has 1 saturated heterocycles. The highest BCUT2D eigenvalue weighted by Crippen LogP contribution is 2.37. The van der Waals surface area contributed by atoms with E-state index in [0.717, 1.165) is 30.9 Å². The van der Waals surface area contributed by atoms with Gasteiger partial charge in [0.15, 0.2) is 4.32 Å². The van der Waals surface area contributed by atoms with E-state index in [9.17, 15) is 9.59 Å². The Balaban J connectivity index is 1.40. The van der Waals surface area contributed by atoms with Crippen LogP contribution in [0, 0.1) is 0 Å². The standard InChI is InChI=1S/C29H29N3O4S2/c1-3-31(4-2)17-18-35-22-15-11-21(12-16-22)32-28(34)26(38-29(32)37)19-20-9-13-23(14-10-20)36-25-8-6-5-7-24(25)27(30)33/h5-16,19H,3-4,17-18H2,1-2H3,(H2,30,33)/b26-19-. The number of ether oxygens (including phenoxy) is 2. The van der Waals surface area contributed by atoms with Crippen LogP contribution in [0.5, 0.6) is 17.2 Å². The quantitative estimate of drug-likeness (QED) is 0.243. The molecule has 1 fully saturated rings. The largest absolute Gasteiger partial charge is 0.492 e. The number of rotatable bonds is 11. The Bertz CT molecular complexity index is 1340. The Morgan fingerprint density at radius 2 is 1.66 bits per heavy atom. The van der Waals surface area contributed by atoms with Crippen LogP contribution >= 0.6 is 24.0 Å². The SMILES string of the molecule is CCN(CC)CCOc1ccc(N2C(=O)/C(=C/c3ccc(Oc4ccccc4C(N)=O)cc3)SC2=S)cc1. The van der Waals surface area contributed by atoms with Crippen molar-refractivity contribution in [3.8, 4) is 17.2 Å². The van der Waals surface area contributed by atoms with Gasteiger partial charge in [-0.15, -0.1) is 0 Å². The van der Waals surface area contributed by atoms with Crippen LogP contribution in [0.1, 0.15) is 29.8 Å². The fraction of sp³-hybridized carbons (Fsp3) is 0.207. The van der Waals surface area contributed by atoms with Crippen molar-refractivity contribution in [3.63, 3.8) is 0 Å². The Kier molecular flexibility index (Phi) is 9.17. The monoisotopic (exact) mass is 547 g/mol. The van der Waals surface area contributed by atoms with Gasteiger partial charge in [-0.1, -0.05) is 62.1 Å². The average molecular weight is 548 g/mol. The predicted octanol–water partition coefficient (Wildman–Crippen LogP) is 5.70. The van der Waals surface area contributed by atoms with Crippen molar-refractivity contribution in [1.82, 2.24) is 4.90 Å². The average Bonchev–Trinajstić information content (AvgIpc) is 3.20. The number of anilines is 1. The Morgan fingerprint density at radius 3 is 2.32 bits per heavy atom. The molecule has 1 heterocycles. The summed E-state index contributed by atoms with van der Waals surface area (Å²) in [4.78, 5) is 29.2. The van der Waals surface area contributed by atoms with E-state index in [-0.39, 0.29) is 5.91 Å². The highest BCUT2D eigenvalue weighted by Gasteiger charge is 2.33. The molecule has 1 aliphatic heterocycles. The molecule has 7 nitrogen and oxygen atoms in total. The highest BCUT2D eigenvalue weighted by molar-refractivity contribution is 8.27. The predicted molar refractivity (Wildman–Crippen MR) is 157 cm³/mol. The lowest BCUT2D eigenvalue weighted by Crippen LogP contribution is -2.28. The molecule has 38 heavy (non-hydrogen) atoms. The molecule has 0 spiro atoms. The Hall–Kier alpha value is -3.66. The Morgan fingerprint density at radius 1 is 1.00 bits per heavy atom. The molecule has 0 bridgehead atoms. The lowest BCUT2D eigenvalue weighted by Gasteiger charge is -2.18. The van der Waals surface area contributed by atoms with Crippen LogP contribution in [-0.2, 0) is 4.79 Å². The van der Waals surface area contributed by atoms with Gasteiger partial charge in [-0.3, -0.25) is 14.5 Å². The lowest BCUT2D eigenvalue weighted by molar-refractivity contribution is -0.113. The summed E-state index contributed by atoms with van der Waals surface area (Å²) < 4.78 is 12.2. The molecule has 0 radical (unpaired) electrons. The normalized spacial score (nSPS) is 14.4. The first-order valence-corrected chi connectivity index (χ1v) is 13.5. The van der Waals surface area contributed by atoms with Gasteiger partial charge in [-0.2, -0.15) is 0 Å². The zero-order valence-electron chi connectivity index (χ0n) is 21.3. The summed E-state index contributed by atoms with van der Waals surface area (Å²) in [7, 11) is 0. The number of thioether (sulfide) groups is 1. The fourth-order valence-corrected chi connectivity index (χ4v) is 5.18. The van der Waals surface area contributed by atoms with E-state index < -0.39 is 5.91 Å². The zero-order chi connectivity index (χ0) is 27.1. The number of nitrogens with two attached hydrogens (primary N) is 1. The fourth-order valence-electron chi connectivity index (χ4n) is 3.88. The second-order valence-electron chi connectivity index (χ2n) is 8.42. The van der Waals surface area contributed by atoms with E-state index >= 15 is 0 Å². The third-order valence-corrected chi connectivity index (χ3v) is 7.32. The van der Waals surface area contributed by atoms with E-state index in [0.29, 0.717) is 38.6 Å². The number of hydrogen-bond donors (Lipinski definition) is 1. The van der Waals surface area contributed by atoms with E-state index in [4.69, 9.17) is 27.4 Å². The van der Waals surface area contributed by atoms with E-state index in [1.54, 1.807) is 42.5 Å².